The minimum Gasteiger partial charge on any atom is -0.444 e. The Morgan fingerprint density at radius 3 is 2.31 bits per heavy atom. The summed E-state index contributed by atoms with van der Waals surface area (Å²) in [6.07, 6.45) is 0.211. The molecule has 13 heteroatoms. The first-order chi connectivity index (χ1) is 18.0. The third-order valence-corrected chi connectivity index (χ3v) is 10.3. The Hall–Kier alpha value is -3.18. The first-order valence-electron chi connectivity index (χ1n) is 12.1. The maximum Gasteiger partial charge on any atom is 0.410 e. The van der Waals surface area contributed by atoms with E-state index in [-0.39, 0.29) is 13.2 Å². The Labute approximate surface area is 228 Å². The molecule has 0 spiro atoms. The van der Waals surface area contributed by atoms with E-state index in [9.17, 15) is 26.9 Å². The summed E-state index contributed by atoms with van der Waals surface area (Å²) in [5.74, 6) is 0. The van der Waals surface area contributed by atoms with Crippen LogP contribution in [0.5, 0.6) is 0 Å². The molecular weight excluding hydrogens is 546 g/mol. The van der Waals surface area contributed by atoms with E-state index in [2.05, 4.69) is 11.4 Å². The molecule has 2 aromatic carbocycles. The molecule has 210 valence electrons. The van der Waals surface area contributed by atoms with E-state index in [1.165, 1.54) is 0 Å². The molecule has 0 aromatic heterocycles. The first kappa shape index (κ1) is 28.8. The predicted octanol–water partition coefficient (Wildman–Crippen LogP) is 3.00. The fraction of sp³-hybridized carbons (Fsp3) is 0.462. The minimum atomic E-state index is -4.25. The van der Waals surface area contributed by atoms with Crippen LogP contribution in [-0.2, 0) is 47.0 Å². The van der Waals surface area contributed by atoms with Gasteiger partial charge in [0.1, 0.15) is 11.7 Å². The molecule has 0 saturated carbocycles. The summed E-state index contributed by atoms with van der Waals surface area (Å²) in [7, 11) is -8.51. The van der Waals surface area contributed by atoms with Crippen LogP contribution in [0.25, 0.3) is 11.1 Å². The van der Waals surface area contributed by atoms with Crippen molar-refractivity contribution in [1.29, 1.82) is 5.26 Å². The number of anilines is 1. The van der Waals surface area contributed by atoms with Gasteiger partial charge < -0.3 is 19.5 Å². The van der Waals surface area contributed by atoms with Crippen molar-refractivity contribution in [3.8, 4) is 17.2 Å². The second-order valence-electron chi connectivity index (χ2n) is 10.7. The summed E-state index contributed by atoms with van der Waals surface area (Å²) in [6, 6.07) is 12.9. The lowest BCUT2D eigenvalue weighted by atomic mass is 9.95. The summed E-state index contributed by atoms with van der Waals surface area (Å²) in [5, 5.41) is 12.4. The number of ether oxygens (including phenoxy) is 3. The lowest BCUT2D eigenvalue weighted by molar-refractivity contribution is -0.0286. The minimum absolute atomic E-state index is 0.0637. The summed E-state index contributed by atoms with van der Waals surface area (Å²) in [6.45, 7) is 5.88. The van der Waals surface area contributed by atoms with Gasteiger partial charge >= 0.3 is 10.5 Å². The largest absolute Gasteiger partial charge is 0.444 e. The monoisotopic (exact) mass is 577 g/mol. The van der Waals surface area contributed by atoms with Crippen molar-refractivity contribution in [2.45, 2.75) is 50.0 Å². The zero-order valence-electron chi connectivity index (χ0n) is 22.3. The Morgan fingerprint density at radius 2 is 1.77 bits per heavy atom. The zero-order valence-corrected chi connectivity index (χ0v) is 24.0. The number of sulfone groups is 2. The predicted molar refractivity (Wildman–Crippen MR) is 144 cm³/mol. The molecule has 0 radical (unpaired) electrons. The van der Waals surface area contributed by atoms with Crippen LogP contribution in [0.15, 0.2) is 36.4 Å². The van der Waals surface area contributed by atoms with Crippen LogP contribution < -0.4 is 5.32 Å². The SMILES string of the molecule is CC(C)(C)OC(=O)N1Cc2cc(NCC3COC(S(C)(=O)=O)(S(C)(=O)=O)O3)cc(-c3ccc(C#N)cc3)c2C1. The Bertz CT molecular complexity index is 1510. The molecule has 1 saturated heterocycles. The number of nitrogens with zero attached hydrogens (tertiary/aromatic N) is 2. The van der Waals surface area contributed by atoms with E-state index in [0.29, 0.717) is 24.3 Å². The number of carbonyl (C=O) groups is 1. The number of nitriles is 1. The molecule has 2 aliphatic heterocycles. The number of fused-ring (bicyclic) bond motifs is 1. The zero-order chi connectivity index (χ0) is 28.8. The first-order valence-corrected chi connectivity index (χ1v) is 15.9. The number of carbonyl (C=O) groups excluding carboxylic acids is 1. The molecule has 2 aromatic rings. The number of hydrogen-bond donors (Lipinski definition) is 1. The number of benzene rings is 2. The molecular formula is C26H31N3O8S2. The van der Waals surface area contributed by atoms with Crippen LogP contribution in [0.2, 0.25) is 0 Å². The second kappa shape index (κ2) is 10.1. The van der Waals surface area contributed by atoms with E-state index in [0.717, 1.165) is 34.8 Å². The molecule has 1 atom stereocenters. The molecule has 1 amide bonds. The number of nitrogens with one attached hydrogen (secondary N) is 1. The highest BCUT2D eigenvalue weighted by Gasteiger charge is 2.59. The average Bonchev–Trinajstić information content (AvgIpc) is 3.46. The van der Waals surface area contributed by atoms with Crippen molar-refractivity contribution in [2.75, 3.05) is 31.0 Å². The van der Waals surface area contributed by atoms with Gasteiger partial charge in [-0.2, -0.15) is 5.26 Å². The lowest BCUT2D eigenvalue weighted by Gasteiger charge is -2.24. The summed E-state index contributed by atoms with van der Waals surface area (Å²) < 4.78 is 62.5. The van der Waals surface area contributed by atoms with Gasteiger partial charge in [0.2, 0.25) is 19.7 Å². The van der Waals surface area contributed by atoms with Crippen molar-refractivity contribution >= 4 is 31.5 Å². The van der Waals surface area contributed by atoms with Gasteiger partial charge in [-0.25, -0.2) is 21.6 Å². The van der Waals surface area contributed by atoms with E-state index in [1.807, 2.05) is 24.3 Å². The van der Waals surface area contributed by atoms with Gasteiger partial charge in [-0.3, -0.25) is 4.90 Å². The topological polar surface area (TPSA) is 152 Å². The van der Waals surface area contributed by atoms with E-state index in [1.54, 1.807) is 37.8 Å². The van der Waals surface area contributed by atoms with Crippen molar-refractivity contribution in [1.82, 2.24) is 4.90 Å². The maximum atomic E-state index is 12.8. The van der Waals surface area contributed by atoms with Gasteiger partial charge in [-0.15, -0.1) is 0 Å². The molecule has 1 fully saturated rings. The van der Waals surface area contributed by atoms with Crippen LogP contribution in [-0.4, -0.2) is 69.6 Å². The molecule has 0 aliphatic carbocycles. The lowest BCUT2D eigenvalue weighted by Crippen LogP contribution is -2.47. The Balaban J connectivity index is 1.61. The molecule has 1 unspecified atom stereocenters. The highest BCUT2D eigenvalue weighted by Crippen LogP contribution is 2.37. The quantitative estimate of drug-likeness (QED) is 0.542. The van der Waals surface area contributed by atoms with Crippen LogP contribution in [0, 0.1) is 11.3 Å². The highest BCUT2D eigenvalue weighted by molar-refractivity contribution is 8.09. The van der Waals surface area contributed by atoms with Gasteiger partial charge in [0.25, 0.3) is 0 Å². The van der Waals surface area contributed by atoms with Crippen molar-refractivity contribution < 1.29 is 35.8 Å². The van der Waals surface area contributed by atoms with Crippen LogP contribution >= 0.6 is 0 Å². The van der Waals surface area contributed by atoms with Crippen LogP contribution in [0.1, 0.15) is 37.5 Å². The smallest absolute Gasteiger partial charge is 0.410 e. The molecule has 11 nitrogen and oxygen atoms in total. The fourth-order valence-electron chi connectivity index (χ4n) is 4.52. The third kappa shape index (κ3) is 5.89. The Morgan fingerprint density at radius 1 is 1.13 bits per heavy atom. The van der Waals surface area contributed by atoms with Crippen LogP contribution in [0.4, 0.5) is 10.5 Å². The average molecular weight is 578 g/mol. The number of rotatable bonds is 6. The van der Waals surface area contributed by atoms with Crippen LogP contribution in [0.3, 0.4) is 0 Å². The van der Waals surface area contributed by atoms with E-state index >= 15 is 0 Å². The standard InChI is InChI=1S/C26H31N3O8S2/c1-25(2,3)37-24(30)29-14-19-10-20(11-22(23(19)15-29)18-8-6-17(12-27)7-9-18)28-13-21-16-35-26(36-21,38(4,31)32)39(5,33)34/h6-11,21,28H,13-16H2,1-5H3. The van der Waals surface area contributed by atoms with Gasteiger partial charge in [-0.1, -0.05) is 12.1 Å². The van der Waals surface area contributed by atoms with Gasteiger partial charge in [-0.05, 0) is 67.3 Å². The molecule has 2 heterocycles. The van der Waals surface area contributed by atoms with E-state index < -0.39 is 41.9 Å². The summed E-state index contributed by atoms with van der Waals surface area (Å²) >= 11 is 0. The molecule has 1 N–H and O–H groups in total. The second-order valence-corrected chi connectivity index (χ2v) is 15.1. The van der Waals surface area contributed by atoms with Crippen molar-refractivity contribution in [3.63, 3.8) is 0 Å². The van der Waals surface area contributed by atoms with Gasteiger partial charge in [0.15, 0.2) is 0 Å². The fourth-order valence-corrected chi connectivity index (χ4v) is 7.90. The molecule has 39 heavy (non-hydrogen) atoms. The van der Waals surface area contributed by atoms with Crippen molar-refractivity contribution in [2.24, 2.45) is 0 Å². The Kier molecular flexibility index (Phi) is 7.46. The summed E-state index contributed by atoms with van der Waals surface area (Å²) in [5.41, 5.74) is 4.02. The molecule has 0 bridgehead atoms. The number of hydrogen-bond acceptors (Lipinski definition) is 10. The highest BCUT2D eigenvalue weighted by atomic mass is 32.3. The summed E-state index contributed by atoms with van der Waals surface area (Å²) in [4.78, 5) is 14.4. The van der Waals surface area contributed by atoms with Gasteiger partial charge in [0, 0.05) is 31.3 Å². The molecule has 4 rings (SSSR count). The maximum absolute atomic E-state index is 12.8. The third-order valence-electron chi connectivity index (χ3n) is 6.23. The van der Waals surface area contributed by atoms with Crippen molar-refractivity contribution in [3.05, 3.63) is 53.1 Å². The number of amides is 1. The normalized spacial score (nSPS) is 18.9. The van der Waals surface area contributed by atoms with E-state index in [4.69, 9.17) is 14.2 Å². The van der Waals surface area contributed by atoms with Gasteiger partial charge in [0.05, 0.1) is 24.8 Å². The molecule has 2 aliphatic rings.